The Kier molecular flexibility index (Phi) is 2.97. The predicted octanol–water partition coefficient (Wildman–Crippen LogP) is 2.05. The zero-order valence-corrected chi connectivity index (χ0v) is 9.40. The first-order chi connectivity index (χ1) is 8.19. The van der Waals surface area contributed by atoms with E-state index in [1.165, 1.54) is 0 Å². The maximum Gasteiger partial charge on any atom is 0.213 e. The smallest absolute Gasteiger partial charge is 0.213 e. The quantitative estimate of drug-likeness (QED) is 0.785. The Hall–Kier alpha value is -2.48. The van der Waals surface area contributed by atoms with Crippen molar-refractivity contribution in [2.75, 3.05) is 11.1 Å². The van der Waals surface area contributed by atoms with Crippen LogP contribution >= 0.6 is 0 Å². The van der Waals surface area contributed by atoms with Crippen LogP contribution in [0.15, 0.2) is 28.8 Å². The SMILES string of the molecule is Cc1cnc(CNc2cc(C#N)ccc2N)o1. The highest BCUT2D eigenvalue weighted by atomic mass is 16.4. The Bertz CT molecular complexity index is 568. The summed E-state index contributed by atoms with van der Waals surface area (Å²) in [5, 5.41) is 11.9. The minimum atomic E-state index is 0.437. The molecule has 3 N–H and O–H groups in total. The highest BCUT2D eigenvalue weighted by Crippen LogP contribution is 2.20. The lowest BCUT2D eigenvalue weighted by molar-refractivity contribution is 0.479. The molecule has 0 radical (unpaired) electrons. The highest BCUT2D eigenvalue weighted by Gasteiger charge is 2.03. The lowest BCUT2D eigenvalue weighted by atomic mass is 10.2. The molecule has 1 heterocycles. The Morgan fingerprint density at radius 3 is 3.00 bits per heavy atom. The standard InChI is InChI=1S/C12H12N4O/c1-8-6-16-12(17-8)7-15-11-4-9(5-13)2-3-10(11)14/h2-4,6,15H,7,14H2,1H3. The van der Waals surface area contributed by atoms with Gasteiger partial charge in [0.1, 0.15) is 5.76 Å². The number of hydrogen-bond donors (Lipinski definition) is 2. The lowest BCUT2D eigenvalue weighted by Crippen LogP contribution is -2.03. The van der Waals surface area contributed by atoms with E-state index in [4.69, 9.17) is 15.4 Å². The molecule has 5 nitrogen and oxygen atoms in total. The van der Waals surface area contributed by atoms with Gasteiger partial charge < -0.3 is 15.5 Å². The maximum absolute atomic E-state index is 8.79. The summed E-state index contributed by atoms with van der Waals surface area (Å²) < 4.78 is 5.32. The van der Waals surface area contributed by atoms with Crippen molar-refractivity contribution in [1.29, 1.82) is 5.26 Å². The number of aromatic nitrogens is 1. The van der Waals surface area contributed by atoms with E-state index < -0.39 is 0 Å². The highest BCUT2D eigenvalue weighted by molar-refractivity contribution is 5.68. The van der Waals surface area contributed by atoms with Crippen LogP contribution in [0.3, 0.4) is 0 Å². The number of nitrogens with two attached hydrogens (primary N) is 1. The van der Waals surface area contributed by atoms with Crippen molar-refractivity contribution in [2.24, 2.45) is 0 Å². The number of anilines is 2. The van der Waals surface area contributed by atoms with Gasteiger partial charge >= 0.3 is 0 Å². The third-order valence-corrected chi connectivity index (χ3v) is 2.28. The van der Waals surface area contributed by atoms with Crippen molar-refractivity contribution in [3.05, 3.63) is 41.6 Å². The summed E-state index contributed by atoms with van der Waals surface area (Å²) in [6.45, 7) is 2.27. The van der Waals surface area contributed by atoms with Crippen LogP contribution in [-0.4, -0.2) is 4.98 Å². The van der Waals surface area contributed by atoms with E-state index in [1.807, 2.05) is 6.92 Å². The topological polar surface area (TPSA) is 87.9 Å². The number of benzene rings is 1. The van der Waals surface area contributed by atoms with Gasteiger partial charge in [0.15, 0.2) is 0 Å². The van der Waals surface area contributed by atoms with Crippen molar-refractivity contribution < 1.29 is 4.42 Å². The second-order valence-electron chi connectivity index (χ2n) is 3.63. The average molecular weight is 228 g/mol. The molecule has 2 rings (SSSR count). The molecule has 0 spiro atoms. The fraction of sp³-hybridized carbons (Fsp3) is 0.167. The number of nitrogens with one attached hydrogen (secondary N) is 1. The molecule has 0 aliphatic rings. The summed E-state index contributed by atoms with van der Waals surface area (Å²) in [4.78, 5) is 4.07. The second kappa shape index (κ2) is 4.58. The molecule has 1 aromatic heterocycles. The van der Waals surface area contributed by atoms with Crippen molar-refractivity contribution >= 4 is 11.4 Å². The summed E-state index contributed by atoms with van der Waals surface area (Å²) in [5.74, 6) is 1.35. The van der Waals surface area contributed by atoms with E-state index in [2.05, 4.69) is 16.4 Å². The van der Waals surface area contributed by atoms with Crippen LogP contribution in [0.5, 0.6) is 0 Å². The molecule has 0 unspecified atom stereocenters. The normalized spacial score (nSPS) is 9.88. The van der Waals surface area contributed by atoms with Crippen LogP contribution in [0.4, 0.5) is 11.4 Å². The van der Waals surface area contributed by atoms with Gasteiger partial charge in [-0.3, -0.25) is 0 Å². The van der Waals surface area contributed by atoms with Gasteiger partial charge in [0.05, 0.1) is 35.7 Å². The van der Waals surface area contributed by atoms with E-state index in [-0.39, 0.29) is 0 Å². The molecule has 0 saturated heterocycles. The fourth-order valence-corrected chi connectivity index (χ4v) is 1.43. The van der Waals surface area contributed by atoms with Crippen molar-refractivity contribution in [1.82, 2.24) is 4.98 Å². The van der Waals surface area contributed by atoms with Crippen molar-refractivity contribution in [2.45, 2.75) is 13.5 Å². The number of aryl methyl sites for hydroxylation is 1. The maximum atomic E-state index is 8.79. The van der Waals surface area contributed by atoms with Crippen LogP contribution in [-0.2, 0) is 6.54 Å². The number of hydrogen-bond acceptors (Lipinski definition) is 5. The number of nitrogens with zero attached hydrogens (tertiary/aromatic N) is 2. The molecular formula is C12H12N4O. The summed E-state index contributed by atoms with van der Waals surface area (Å²) in [5.41, 5.74) is 7.65. The molecule has 0 bridgehead atoms. The first-order valence-corrected chi connectivity index (χ1v) is 5.14. The van der Waals surface area contributed by atoms with Crippen LogP contribution in [0.25, 0.3) is 0 Å². The molecule has 17 heavy (non-hydrogen) atoms. The summed E-state index contributed by atoms with van der Waals surface area (Å²) in [6.07, 6.45) is 1.66. The predicted molar refractivity (Wildman–Crippen MR) is 64.1 cm³/mol. The van der Waals surface area contributed by atoms with Gasteiger partial charge in [-0.1, -0.05) is 0 Å². The van der Waals surface area contributed by atoms with Gasteiger partial charge in [-0.25, -0.2) is 4.98 Å². The van der Waals surface area contributed by atoms with Gasteiger partial charge in [-0.15, -0.1) is 0 Å². The van der Waals surface area contributed by atoms with Crippen LogP contribution < -0.4 is 11.1 Å². The van der Waals surface area contributed by atoms with Crippen LogP contribution in [0.1, 0.15) is 17.2 Å². The van der Waals surface area contributed by atoms with Gasteiger partial charge in [0.25, 0.3) is 0 Å². The Labute approximate surface area is 98.9 Å². The number of oxazole rings is 1. The Balaban J connectivity index is 2.11. The Morgan fingerprint density at radius 1 is 1.53 bits per heavy atom. The molecule has 0 saturated carbocycles. The molecule has 5 heteroatoms. The second-order valence-corrected chi connectivity index (χ2v) is 3.63. The average Bonchev–Trinajstić information content (AvgIpc) is 2.74. The van der Waals surface area contributed by atoms with Gasteiger partial charge in [0.2, 0.25) is 5.89 Å². The summed E-state index contributed by atoms with van der Waals surface area (Å²) in [7, 11) is 0. The van der Waals surface area contributed by atoms with Gasteiger partial charge in [-0.05, 0) is 25.1 Å². The third kappa shape index (κ3) is 2.55. The molecule has 0 aliphatic carbocycles. The van der Waals surface area contributed by atoms with Crippen LogP contribution in [0.2, 0.25) is 0 Å². The molecule has 0 atom stereocenters. The molecule has 0 aliphatic heterocycles. The molecule has 2 aromatic rings. The van der Waals surface area contributed by atoms with Gasteiger partial charge in [0, 0.05) is 0 Å². The van der Waals surface area contributed by atoms with E-state index in [0.29, 0.717) is 29.4 Å². The summed E-state index contributed by atoms with van der Waals surface area (Å²) >= 11 is 0. The Morgan fingerprint density at radius 2 is 2.35 bits per heavy atom. The fourth-order valence-electron chi connectivity index (χ4n) is 1.43. The number of rotatable bonds is 3. The largest absolute Gasteiger partial charge is 0.444 e. The number of nitriles is 1. The minimum absolute atomic E-state index is 0.437. The van der Waals surface area contributed by atoms with E-state index >= 15 is 0 Å². The van der Waals surface area contributed by atoms with Crippen LogP contribution in [0, 0.1) is 18.3 Å². The first-order valence-electron chi connectivity index (χ1n) is 5.14. The minimum Gasteiger partial charge on any atom is -0.444 e. The third-order valence-electron chi connectivity index (χ3n) is 2.28. The molecule has 0 amide bonds. The molecular weight excluding hydrogens is 216 g/mol. The van der Waals surface area contributed by atoms with E-state index in [9.17, 15) is 0 Å². The van der Waals surface area contributed by atoms with Crippen molar-refractivity contribution in [3.8, 4) is 6.07 Å². The van der Waals surface area contributed by atoms with Crippen molar-refractivity contribution in [3.63, 3.8) is 0 Å². The zero-order chi connectivity index (χ0) is 12.3. The zero-order valence-electron chi connectivity index (χ0n) is 9.40. The monoisotopic (exact) mass is 228 g/mol. The van der Waals surface area contributed by atoms with Gasteiger partial charge in [-0.2, -0.15) is 5.26 Å². The number of nitrogen functional groups attached to an aromatic ring is 1. The van der Waals surface area contributed by atoms with E-state index in [1.54, 1.807) is 24.4 Å². The molecule has 86 valence electrons. The lowest BCUT2D eigenvalue weighted by Gasteiger charge is -2.07. The molecule has 0 fully saturated rings. The van der Waals surface area contributed by atoms with E-state index in [0.717, 1.165) is 5.76 Å². The first kappa shape index (κ1) is 11.0. The summed E-state index contributed by atoms with van der Waals surface area (Å²) in [6, 6.07) is 7.13. The molecule has 1 aromatic carbocycles.